The van der Waals surface area contributed by atoms with E-state index in [0.29, 0.717) is 10.6 Å². The number of hydrogen-bond donors (Lipinski definition) is 2. The van der Waals surface area contributed by atoms with Crippen molar-refractivity contribution in [1.29, 1.82) is 0 Å². The highest BCUT2D eigenvalue weighted by atomic mass is 35.5. The van der Waals surface area contributed by atoms with E-state index < -0.39 is 5.91 Å². The number of rotatable bonds is 6. The third kappa shape index (κ3) is 6.61. The summed E-state index contributed by atoms with van der Waals surface area (Å²) in [5, 5.41) is 6.93. The minimum Gasteiger partial charge on any atom is -0.343 e. The van der Waals surface area contributed by atoms with Crippen molar-refractivity contribution in [2.45, 2.75) is 6.92 Å². The third-order valence-corrected chi connectivity index (χ3v) is 3.42. The highest BCUT2D eigenvalue weighted by molar-refractivity contribution is 6.30. The molecule has 0 aliphatic heterocycles. The Bertz CT molecular complexity index is 784. The van der Waals surface area contributed by atoms with Crippen molar-refractivity contribution < 1.29 is 9.59 Å². The van der Waals surface area contributed by atoms with Gasteiger partial charge in [-0.3, -0.25) is 9.59 Å². The van der Waals surface area contributed by atoms with Crippen molar-refractivity contribution in [3.05, 3.63) is 76.3 Å². The Morgan fingerprint density at radius 3 is 2.44 bits per heavy atom. The quantitative estimate of drug-likeness (QED) is 0.616. The van der Waals surface area contributed by atoms with Gasteiger partial charge in [-0.25, -0.2) is 5.43 Å². The van der Waals surface area contributed by atoms with Crippen LogP contribution in [-0.4, -0.2) is 24.6 Å². The fourth-order valence-corrected chi connectivity index (χ4v) is 2.08. The molecule has 0 radical (unpaired) electrons. The summed E-state index contributed by atoms with van der Waals surface area (Å²) in [6.07, 6.45) is 3.49. The molecule has 0 aromatic heterocycles. The number of hydrogen-bond acceptors (Lipinski definition) is 3. The van der Waals surface area contributed by atoms with Gasteiger partial charge in [-0.2, -0.15) is 5.10 Å². The summed E-state index contributed by atoms with van der Waals surface area (Å²) in [6.45, 7) is 1.71. The van der Waals surface area contributed by atoms with E-state index in [-0.39, 0.29) is 12.5 Å². The van der Waals surface area contributed by atoms with E-state index in [1.165, 1.54) is 0 Å². The van der Waals surface area contributed by atoms with Gasteiger partial charge in [-0.1, -0.05) is 48.0 Å². The standard InChI is InChI=1S/C19H18ClN3O2/c1-14(11-15-5-3-2-4-6-15)12-22-23-18(24)13-21-19(25)16-7-9-17(20)10-8-16/h2-12H,13H2,1H3,(H,21,25)(H,23,24)/b14-11-,22-12-. The number of halogens is 1. The molecule has 2 N–H and O–H groups in total. The van der Waals surface area contributed by atoms with Crippen LogP contribution in [0.5, 0.6) is 0 Å². The molecule has 0 bridgehead atoms. The van der Waals surface area contributed by atoms with Crippen LogP contribution in [0.4, 0.5) is 0 Å². The number of nitrogens with one attached hydrogen (secondary N) is 2. The highest BCUT2D eigenvalue weighted by Gasteiger charge is 2.07. The predicted molar refractivity (Wildman–Crippen MR) is 101 cm³/mol. The van der Waals surface area contributed by atoms with Gasteiger partial charge in [-0.05, 0) is 42.3 Å². The molecule has 2 amide bonds. The topological polar surface area (TPSA) is 70.6 Å². The normalized spacial score (nSPS) is 11.4. The van der Waals surface area contributed by atoms with Gasteiger partial charge in [0.2, 0.25) is 0 Å². The smallest absolute Gasteiger partial charge is 0.259 e. The van der Waals surface area contributed by atoms with Gasteiger partial charge >= 0.3 is 0 Å². The van der Waals surface area contributed by atoms with Crippen molar-refractivity contribution in [3.8, 4) is 0 Å². The van der Waals surface area contributed by atoms with E-state index >= 15 is 0 Å². The molecule has 2 aromatic carbocycles. The number of benzene rings is 2. The maximum Gasteiger partial charge on any atom is 0.259 e. The molecular weight excluding hydrogens is 338 g/mol. The molecule has 0 fully saturated rings. The minimum absolute atomic E-state index is 0.166. The lowest BCUT2D eigenvalue weighted by molar-refractivity contribution is -0.120. The van der Waals surface area contributed by atoms with Crippen molar-refractivity contribution in [1.82, 2.24) is 10.7 Å². The average Bonchev–Trinajstić information content (AvgIpc) is 2.61. The Morgan fingerprint density at radius 1 is 1.08 bits per heavy atom. The summed E-state index contributed by atoms with van der Waals surface area (Å²) in [6, 6.07) is 16.2. The summed E-state index contributed by atoms with van der Waals surface area (Å²) < 4.78 is 0. The van der Waals surface area contributed by atoms with E-state index in [9.17, 15) is 9.59 Å². The SMILES string of the molecule is CC(/C=N\NC(=O)CNC(=O)c1ccc(Cl)cc1)=C/c1ccccc1. The summed E-state index contributed by atoms with van der Waals surface area (Å²) in [7, 11) is 0. The van der Waals surface area contributed by atoms with E-state index in [2.05, 4.69) is 15.8 Å². The van der Waals surface area contributed by atoms with E-state index in [0.717, 1.165) is 11.1 Å². The first-order valence-electron chi connectivity index (χ1n) is 7.63. The molecule has 0 unspecified atom stereocenters. The first kappa shape index (κ1) is 18.4. The fraction of sp³-hybridized carbons (Fsp3) is 0.105. The second-order valence-corrected chi connectivity index (χ2v) is 5.72. The Labute approximate surface area is 151 Å². The second kappa shape index (κ2) is 9.39. The maximum absolute atomic E-state index is 11.9. The monoisotopic (exact) mass is 355 g/mol. The average molecular weight is 356 g/mol. The molecule has 25 heavy (non-hydrogen) atoms. The van der Waals surface area contributed by atoms with Crippen molar-refractivity contribution in [3.63, 3.8) is 0 Å². The summed E-state index contributed by atoms with van der Waals surface area (Å²) in [4.78, 5) is 23.6. The maximum atomic E-state index is 11.9. The zero-order chi connectivity index (χ0) is 18.1. The summed E-state index contributed by atoms with van der Waals surface area (Å²) in [5.41, 5.74) is 4.74. The van der Waals surface area contributed by atoms with Gasteiger partial charge in [0, 0.05) is 10.6 Å². The van der Waals surface area contributed by atoms with Gasteiger partial charge in [0.15, 0.2) is 0 Å². The van der Waals surface area contributed by atoms with Crippen LogP contribution in [0.3, 0.4) is 0 Å². The van der Waals surface area contributed by atoms with Crippen LogP contribution in [0, 0.1) is 0 Å². The lowest BCUT2D eigenvalue weighted by Crippen LogP contribution is -2.34. The lowest BCUT2D eigenvalue weighted by atomic mass is 10.1. The first-order chi connectivity index (χ1) is 12.0. The summed E-state index contributed by atoms with van der Waals surface area (Å²) >= 11 is 5.76. The summed E-state index contributed by atoms with van der Waals surface area (Å²) in [5.74, 6) is -0.762. The van der Waals surface area contributed by atoms with Crippen molar-refractivity contribution in [2.75, 3.05) is 6.54 Å². The van der Waals surface area contributed by atoms with Crippen LogP contribution in [-0.2, 0) is 4.79 Å². The van der Waals surface area contributed by atoms with Crippen LogP contribution in [0.25, 0.3) is 6.08 Å². The Hall–Kier alpha value is -2.92. The molecule has 128 valence electrons. The van der Waals surface area contributed by atoms with Gasteiger partial charge in [0.1, 0.15) is 0 Å². The van der Waals surface area contributed by atoms with Crippen LogP contribution in [0.15, 0.2) is 65.3 Å². The van der Waals surface area contributed by atoms with E-state index in [1.54, 1.807) is 30.5 Å². The van der Waals surface area contributed by atoms with Crippen molar-refractivity contribution >= 4 is 35.7 Å². The van der Waals surface area contributed by atoms with Crippen molar-refractivity contribution in [2.24, 2.45) is 5.10 Å². The van der Waals surface area contributed by atoms with E-state index in [1.807, 2.05) is 43.3 Å². The molecule has 0 saturated heterocycles. The number of nitrogens with zero attached hydrogens (tertiary/aromatic N) is 1. The number of carbonyl (C=O) groups excluding carboxylic acids is 2. The highest BCUT2D eigenvalue weighted by Crippen LogP contribution is 2.09. The van der Waals surface area contributed by atoms with Crippen LogP contribution in [0.2, 0.25) is 5.02 Å². The second-order valence-electron chi connectivity index (χ2n) is 5.28. The molecule has 0 aliphatic carbocycles. The number of carbonyl (C=O) groups is 2. The lowest BCUT2D eigenvalue weighted by Gasteiger charge is -2.04. The molecule has 0 aliphatic rings. The minimum atomic E-state index is -0.411. The Morgan fingerprint density at radius 2 is 1.76 bits per heavy atom. The molecule has 0 atom stereocenters. The number of amides is 2. The van der Waals surface area contributed by atoms with Gasteiger partial charge in [-0.15, -0.1) is 0 Å². The molecule has 0 heterocycles. The predicted octanol–water partition coefficient (Wildman–Crippen LogP) is 3.28. The van der Waals surface area contributed by atoms with E-state index in [4.69, 9.17) is 11.6 Å². The zero-order valence-corrected chi connectivity index (χ0v) is 14.5. The molecule has 2 rings (SSSR count). The molecule has 6 heteroatoms. The fourth-order valence-electron chi connectivity index (χ4n) is 1.96. The van der Waals surface area contributed by atoms with Gasteiger partial charge in [0.25, 0.3) is 11.8 Å². The Balaban J connectivity index is 1.77. The molecule has 0 spiro atoms. The number of allylic oxidation sites excluding steroid dienone is 1. The molecular formula is C19H18ClN3O2. The van der Waals surface area contributed by atoms with Crippen LogP contribution in [0.1, 0.15) is 22.8 Å². The van der Waals surface area contributed by atoms with Gasteiger partial charge < -0.3 is 5.32 Å². The van der Waals surface area contributed by atoms with Crippen LogP contribution >= 0.6 is 11.6 Å². The van der Waals surface area contributed by atoms with Gasteiger partial charge in [0.05, 0.1) is 12.8 Å². The molecule has 0 saturated carbocycles. The number of hydrazone groups is 1. The largest absolute Gasteiger partial charge is 0.343 e. The van der Waals surface area contributed by atoms with Crippen LogP contribution < -0.4 is 10.7 Å². The zero-order valence-electron chi connectivity index (χ0n) is 13.7. The third-order valence-electron chi connectivity index (χ3n) is 3.17. The molecule has 5 nitrogen and oxygen atoms in total. The first-order valence-corrected chi connectivity index (χ1v) is 8.01. The molecule has 2 aromatic rings. The Kier molecular flexibility index (Phi) is 6.92.